The first kappa shape index (κ1) is 15.9. The molecule has 1 heterocycles. The highest BCUT2D eigenvalue weighted by atomic mass is 32.2. The Hall–Kier alpha value is -1.44. The average Bonchev–Trinajstić information content (AvgIpc) is 3.00. The number of thiocarbonyl (C=S) groups is 1. The Morgan fingerprint density at radius 2 is 2.10 bits per heavy atom. The van der Waals surface area contributed by atoms with Gasteiger partial charge in [-0.25, -0.2) is 8.42 Å². The first-order chi connectivity index (χ1) is 10.0. The largest absolute Gasteiger partial charge is 0.359 e. The van der Waals surface area contributed by atoms with Gasteiger partial charge in [-0.15, -0.1) is 6.58 Å². The zero-order chi connectivity index (χ0) is 15.3. The van der Waals surface area contributed by atoms with E-state index in [9.17, 15) is 8.42 Å². The van der Waals surface area contributed by atoms with Gasteiger partial charge in [-0.05, 0) is 43.3 Å². The fraction of sp³-hybridized carbons (Fsp3) is 0.357. The Labute approximate surface area is 131 Å². The number of nitrogens with one attached hydrogen (secondary N) is 2. The van der Waals surface area contributed by atoms with E-state index in [1.807, 2.05) is 0 Å². The minimum Gasteiger partial charge on any atom is -0.359 e. The van der Waals surface area contributed by atoms with Crippen LogP contribution < -0.4 is 10.6 Å². The van der Waals surface area contributed by atoms with Crippen molar-refractivity contribution >= 4 is 33.0 Å². The molecule has 2 rings (SSSR count). The monoisotopic (exact) mass is 325 g/mol. The maximum absolute atomic E-state index is 12.5. The zero-order valence-electron chi connectivity index (χ0n) is 11.7. The second-order valence-electron chi connectivity index (χ2n) is 4.76. The molecule has 0 radical (unpaired) electrons. The summed E-state index contributed by atoms with van der Waals surface area (Å²) in [7, 11) is -3.40. The van der Waals surface area contributed by atoms with Gasteiger partial charge < -0.3 is 10.6 Å². The molecule has 5 nitrogen and oxygen atoms in total. The van der Waals surface area contributed by atoms with Gasteiger partial charge in [0.2, 0.25) is 10.0 Å². The molecule has 0 aromatic heterocycles. The van der Waals surface area contributed by atoms with Crippen molar-refractivity contribution in [1.82, 2.24) is 9.62 Å². The first-order valence-electron chi connectivity index (χ1n) is 6.80. The Bertz CT molecular complexity index is 623. The minimum absolute atomic E-state index is 0.293. The molecule has 1 aromatic carbocycles. The number of hydrogen-bond donors (Lipinski definition) is 2. The van der Waals surface area contributed by atoms with Crippen LogP contribution in [0.2, 0.25) is 0 Å². The highest BCUT2D eigenvalue weighted by Gasteiger charge is 2.27. The molecule has 21 heavy (non-hydrogen) atoms. The molecular weight excluding hydrogens is 306 g/mol. The fourth-order valence-electron chi connectivity index (χ4n) is 2.15. The van der Waals surface area contributed by atoms with Crippen molar-refractivity contribution in [2.45, 2.75) is 17.7 Å². The van der Waals surface area contributed by atoms with Crippen molar-refractivity contribution in [3.8, 4) is 0 Å². The van der Waals surface area contributed by atoms with E-state index in [0.717, 1.165) is 12.8 Å². The number of sulfonamides is 1. The van der Waals surface area contributed by atoms with Gasteiger partial charge in [-0.1, -0.05) is 12.1 Å². The van der Waals surface area contributed by atoms with Crippen LogP contribution in [-0.4, -0.2) is 37.5 Å². The zero-order valence-corrected chi connectivity index (χ0v) is 13.3. The summed E-state index contributed by atoms with van der Waals surface area (Å²) < 4.78 is 26.5. The Kier molecular flexibility index (Phi) is 5.33. The van der Waals surface area contributed by atoms with Crippen LogP contribution in [0.4, 0.5) is 5.69 Å². The molecule has 0 amide bonds. The van der Waals surface area contributed by atoms with Gasteiger partial charge in [-0.2, -0.15) is 4.31 Å². The molecule has 1 fully saturated rings. The van der Waals surface area contributed by atoms with Crippen molar-refractivity contribution in [2.75, 3.05) is 25.0 Å². The van der Waals surface area contributed by atoms with E-state index in [0.29, 0.717) is 35.3 Å². The summed E-state index contributed by atoms with van der Waals surface area (Å²) in [5.41, 5.74) is 0.650. The number of anilines is 1. The topological polar surface area (TPSA) is 61.4 Å². The summed E-state index contributed by atoms with van der Waals surface area (Å²) in [5.74, 6) is 0. The van der Waals surface area contributed by atoms with Gasteiger partial charge >= 0.3 is 0 Å². The number of benzene rings is 1. The van der Waals surface area contributed by atoms with E-state index in [4.69, 9.17) is 12.2 Å². The predicted molar refractivity (Wildman–Crippen MR) is 88.9 cm³/mol. The van der Waals surface area contributed by atoms with Gasteiger partial charge in [0.05, 0.1) is 4.90 Å². The van der Waals surface area contributed by atoms with Crippen LogP contribution in [0.15, 0.2) is 41.8 Å². The Morgan fingerprint density at radius 1 is 1.38 bits per heavy atom. The Morgan fingerprint density at radius 3 is 2.76 bits per heavy atom. The third kappa shape index (κ3) is 4.03. The molecule has 0 spiro atoms. The second-order valence-corrected chi connectivity index (χ2v) is 7.11. The van der Waals surface area contributed by atoms with Crippen molar-refractivity contribution in [3.63, 3.8) is 0 Å². The minimum atomic E-state index is -3.40. The van der Waals surface area contributed by atoms with Gasteiger partial charge in [0.15, 0.2) is 5.11 Å². The second kappa shape index (κ2) is 7.02. The Balaban J connectivity index is 2.13. The summed E-state index contributed by atoms with van der Waals surface area (Å²) in [5, 5.41) is 6.34. The summed E-state index contributed by atoms with van der Waals surface area (Å²) in [4.78, 5) is 0.293. The SMILES string of the molecule is C=CCNC(=S)Nc1cccc(S(=O)(=O)N2CCCC2)c1. The summed E-state index contributed by atoms with van der Waals surface area (Å²) >= 11 is 5.12. The lowest BCUT2D eigenvalue weighted by Gasteiger charge is -2.16. The van der Waals surface area contributed by atoms with Crippen molar-refractivity contribution in [2.24, 2.45) is 0 Å². The van der Waals surface area contributed by atoms with Gasteiger partial charge in [0.25, 0.3) is 0 Å². The quantitative estimate of drug-likeness (QED) is 0.640. The van der Waals surface area contributed by atoms with Crippen LogP contribution in [0.1, 0.15) is 12.8 Å². The maximum Gasteiger partial charge on any atom is 0.243 e. The van der Waals surface area contributed by atoms with E-state index in [2.05, 4.69) is 17.2 Å². The molecule has 1 aliphatic rings. The molecule has 0 unspecified atom stereocenters. The molecule has 0 saturated carbocycles. The summed E-state index contributed by atoms with van der Waals surface area (Å²) in [6, 6.07) is 6.71. The first-order valence-corrected chi connectivity index (χ1v) is 8.65. The van der Waals surface area contributed by atoms with E-state index in [-0.39, 0.29) is 0 Å². The smallest absolute Gasteiger partial charge is 0.243 e. The lowest BCUT2D eigenvalue weighted by Crippen LogP contribution is -2.29. The van der Waals surface area contributed by atoms with Crippen LogP contribution in [0.25, 0.3) is 0 Å². The van der Waals surface area contributed by atoms with E-state index in [1.165, 1.54) is 4.31 Å². The highest BCUT2D eigenvalue weighted by molar-refractivity contribution is 7.89. The highest BCUT2D eigenvalue weighted by Crippen LogP contribution is 2.23. The molecule has 7 heteroatoms. The lowest BCUT2D eigenvalue weighted by molar-refractivity contribution is 0.477. The number of nitrogens with zero attached hydrogens (tertiary/aromatic N) is 1. The summed E-state index contributed by atoms with van der Waals surface area (Å²) in [6.45, 7) is 5.34. The van der Waals surface area contributed by atoms with E-state index < -0.39 is 10.0 Å². The van der Waals surface area contributed by atoms with Crippen molar-refractivity contribution < 1.29 is 8.42 Å². The van der Waals surface area contributed by atoms with E-state index >= 15 is 0 Å². The third-order valence-corrected chi connectivity index (χ3v) is 5.34. The van der Waals surface area contributed by atoms with Crippen LogP contribution in [0, 0.1) is 0 Å². The third-order valence-electron chi connectivity index (χ3n) is 3.20. The van der Waals surface area contributed by atoms with Crippen molar-refractivity contribution in [3.05, 3.63) is 36.9 Å². The average molecular weight is 325 g/mol. The maximum atomic E-state index is 12.5. The molecule has 1 saturated heterocycles. The molecule has 1 aliphatic heterocycles. The predicted octanol–water partition coefficient (Wildman–Crippen LogP) is 1.94. The standard InChI is InChI=1S/C14H19N3O2S2/c1-2-8-15-14(20)16-12-6-5-7-13(11-12)21(18,19)17-9-3-4-10-17/h2,5-7,11H,1,3-4,8-10H2,(H2,15,16,20). The fourth-order valence-corrected chi connectivity index (χ4v) is 3.92. The van der Waals surface area contributed by atoms with Crippen LogP contribution in [0.3, 0.4) is 0 Å². The van der Waals surface area contributed by atoms with Gasteiger partial charge in [0, 0.05) is 25.3 Å². The van der Waals surface area contributed by atoms with Crippen LogP contribution in [-0.2, 0) is 10.0 Å². The van der Waals surface area contributed by atoms with E-state index in [1.54, 1.807) is 30.3 Å². The molecule has 0 aliphatic carbocycles. The molecule has 0 bridgehead atoms. The number of hydrogen-bond acceptors (Lipinski definition) is 3. The molecule has 2 N–H and O–H groups in total. The molecule has 0 atom stereocenters. The lowest BCUT2D eigenvalue weighted by atomic mass is 10.3. The molecular formula is C14H19N3O2S2. The van der Waals surface area contributed by atoms with Gasteiger partial charge in [0.1, 0.15) is 0 Å². The van der Waals surface area contributed by atoms with Crippen LogP contribution in [0.5, 0.6) is 0 Å². The molecule has 114 valence electrons. The summed E-state index contributed by atoms with van der Waals surface area (Å²) in [6.07, 6.45) is 3.54. The van der Waals surface area contributed by atoms with Crippen molar-refractivity contribution in [1.29, 1.82) is 0 Å². The van der Waals surface area contributed by atoms with Gasteiger partial charge in [-0.3, -0.25) is 0 Å². The number of rotatable bonds is 5. The normalized spacial score (nSPS) is 15.6. The van der Waals surface area contributed by atoms with Crippen LogP contribution >= 0.6 is 12.2 Å². The molecule has 1 aromatic rings.